The average Bonchev–Trinajstić information content (AvgIpc) is 2.93. The first-order valence-corrected chi connectivity index (χ1v) is 15.3. The van der Waals surface area contributed by atoms with Crippen LogP contribution in [0.5, 0.6) is 0 Å². The number of hydrogen-bond acceptors (Lipinski definition) is 6. The van der Waals surface area contributed by atoms with Crippen LogP contribution in [0.1, 0.15) is 24.5 Å². The number of sulfonamides is 1. The molecule has 13 heteroatoms. The van der Waals surface area contributed by atoms with Gasteiger partial charge in [-0.15, -0.1) is 0 Å². The summed E-state index contributed by atoms with van der Waals surface area (Å²) in [6.45, 7) is 1.43. The lowest BCUT2D eigenvalue weighted by Crippen LogP contribution is -2.53. The summed E-state index contributed by atoms with van der Waals surface area (Å²) in [5, 5.41) is 14.8. The van der Waals surface area contributed by atoms with Crippen LogP contribution in [0.15, 0.2) is 72.8 Å². The molecule has 1 N–H and O–H groups in total. The number of hydrogen-bond donors (Lipinski definition) is 1. The lowest BCUT2D eigenvalue weighted by Gasteiger charge is -2.33. The maximum Gasteiger partial charge on any atom is 0.271 e. The fourth-order valence-electron chi connectivity index (χ4n) is 4.13. The molecule has 0 heterocycles. The molecular weight excluding hydrogens is 591 g/mol. The van der Waals surface area contributed by atoms with Crippen LogP contribution in [0.25, 0.3) is 0 Å². The molecule has 0 saturated carbocycles. The molecule has 0 aliphatic rings. The van der Waals surface area contributed by atoms with Gasteiger partial charge in [-0.05, 0) is 35.7 Å². The van der Waals surface area contributed by atoms with Gasteiger partial charge in [0.2, 0.25) is 21.8 Å². The standard InChI is InChI=1S/C28H30Cl2N4O6S/c1-3-14-31-28(36)26(15-20-8-5-4-6-9-20)32(18-21-12-13-22(29)16-25(21)30)27(35)19-33(41(2,39)40)23-10-7-11-24(17-23)34(37)38/h4-13,16-17,26H,3,14-15,18-19H2,1-2H3,(H,31,36). The number of nitro benzene ring substituents is 1. The molecule has 218 valence electrons. The van der Waals surface area contributed by atoms with Crippen LogP contribution in [0.4, 0.5) is 11.4 Å². The Kier molecular flexibility index (Phi) is 11.1. The van der Waals surface area contributed by atoms with Crippen molar-refractivity contribution in [1.29, 1.82) is 0 Å². The van der Waals surface area contributed by atoms with Crippen LogP contribution in [0, 0.1) is 10.1 Å². The lowest BCUT2D eigenvalue weighted by atomic mass is 10.0. The molecule has 0 fully saturated rings. The third-order valence-corrected chi connectivity index (χ3v) is 7.91. The van der Waals surface area contributed by atoms with E-state index < -0.39 is 39.3 Å². The molecule has 0 radical (unpaired) electrons. The molecule has 1 unspecified atom stereocenters. The number of rotatable bonds is 13. The van der Waals surface area contributed by atoms with Crippen molar-refractivity contribution < 1.29 is 22.9 Å². The van der Waals surface area contributed by atoms with Crippen molar-refractivity contribution in [3.05, 3.63) is 104 Å². The van der Waals surface area contributed by atoms with Crippen LogP contribution in [0.2, 0.25) is 10.0 Å². The van der Waals surface area contributed by atoms with E-state index in [0.29, 0.717) is 23.6 Å². The van der Waals surface area contributed by atoms with Crippen LogP contribution in [-0.4, -0.2) is 55.4 Å². The maximum atomic E-state index is 14.0. The van der Waals surface area contributed by atoms with E-state index in [0.717, 1.165) is 22.2 Å². The molecule has 0 aliphatic heterocycles. The minimum Gasteiger partial charge on any atom is -0.354 e. The smallest absolute Gasteiger partial charge is 0.271 e. The number of carbonyl (C=O) groups is 2. The van der Waals surface area contributed by atoms with Crippen molar-refractivity contribution in [1.82, 2.24) is 10.2 Å². The quantitative estimate of drug-likeness (QED) is 0.215. The number of amides is 2. The van der Waals surface area contributed by atoms with E-state index in [1.54, 1.807) is 12.1 Å². The fraction of sp³-hybridized carbons (Fsp3) is 0.286. The Hall–Kier alpha value is -3.67. The molecule has 1 atom stereocenters. The number of anilines is 1. The maximum absolute atomic E-state index is 14.0. The van der Waals surface area contributed by atoms with E-state index in [2.05, 4.69) is 5.32 Å². The Bertz CT molecular complexity index is 1500. The second kappa shape index (κ2) is 14.3. The Morgan fingerprint density at radius 2 is 1.73 bits per heavy atom. The minimum absolute atomic E-state index is 0.0606. The molecule has 0 aliphatic carbocycles. The molecule has 41 heavy (non-hydrogen) atoms. The van der Waals surface area contributed by atoms with E-state index >= 15 is 0 Å². The van der Waals surface area contributed by atoms with Crippen molar-refractivity contribution in [2.45, 2.75) is 32.4 Å². The van der Waals surface area contributed by atoms with Gasteiger partial charge in [-0.25, -0.2) is 8.42 Å². The number of nitrogens with zero attached hydrogens (tertiary/aromatic N) is 3. The highest BCUT2D eigenvalue weighted by Crippen LogP contribution is 2.26. The zero-order valence-electron chi connectivity index (χ0n) is 22.5. The monoisotopic (exact) mass is 620 g/mol. The highest BCUT2D eigenvalue weighted by molar-refractivity contribution is 7.92. The van der Waals surface area contributed by atoms with Gasteiger partial charge in [-0.2, -0.15) is 0 Å². The summed E-state index contributed by atoms with van der Waals surface area (Å²) < 4.78 is 26.4. The van der Waals surface area contributed by atoms with Gasteiger partial charge >= 0.3 is 0 Å². The third kappa shape index (κ3) is 8.91. The van der Waals surface area contributed by atoms with Gasteiger partial charge in [0.05, 0.1) is 16.9 Å². The van der Waals surface area contributed by atoms with Gasteiger partial charge in [0.15, 0.2) is 0 Å². The number of nitro groups is 1. The lowest BCUT2D eigenvalue weighted by molar-refractivity contribution is -0.384. The Morgan fingerprint density at radius 1 is 1.02 bits per heavy atom. The van der Waals surface area contributed by atoms with E-state index in [9.17, 15) is 28.1 Å². The molecular formula is C28H30Cl2N4O6S. The summed E-state index contributed by atoms with van der Waals surface area (Å²) in [4.78, 5) is 39.5. The van der Waals surface area contributed by atoms with E-state index in [1.807, 2.05) is 37.3 Å². The van der Waals surface area contributed by atoms with E-state index in [4.69, 9.17) is 23.2 Å². The second-order valence-electron chi connectivity index (χ2n) is 9.30. The first kappa shape index (κ1) is 31.9. The molecule has 0 spiro atoms. The number of nitrogens with one attached hydrogen (secondary N) is 1. The molecule has 0 bridgehead atoms. The SMILES string of the molecule is CCCNC(=O)C(Cc1ccccc1)N(Cc1ccc(Cl)cc1Cl)C(=O)CN(c1cccc([N+](=O)[O-])c1)S(C)(=O)=O. The predicted octanol–water partition coefficient (Wildman–Crippen LogP) is 4.83. The summed E-state index contributed by atoms with van der Waals surface area (Å²) in [5.41, 5.74) is 0.874. The summed E-state index contributed by atoms with van der Waals surface area (Å²) in [6.07, 6.45) is 1.70. The predicted molar refractivity (Wildman–Crippen MR) is 160 cm³/mol. The summed E-state index contributed by atoms with van der Waals surface area (Å²) in [6, 6.07) is 17.8. The largest absolute Gasteiger partial charge is 0.354 e. The average molecular weight is 622 g/mol. The normalized spacial score (nSPS) is 11.9. The van der Waals surface area contributed by atoms with Crippen LogP contribution < -0.4 is 9.62 Å². The molecule has 0 saturated heterocycles. The molecule has 10 nitrogen and oxygen atoms in total. The third-order valence-electron chi connectivity index (χ3n) is 6.18. The van der Waals surface area contributed by atoms with Gasteiger partial charge in [0, 0.05) is 41.7 Å². The molecule has 3 rings (SSSR count). The van der Waals surface area contributed by atoms with E-state index in [1.165, 1.54) is 29.2 Å². The molecule has 0 aromatic heterocycles. The van der Waals surface area contributed by atoms with Gasteiger partial charge < -0.3 is 10.2 Å². The van der Waals surface area contributed by atoms with Crippen molar-refractivity contribution in [3.63, 3.8) is 0 Å². The molecule has 2 amide bonds. The van der Waals surface area contributed by atoms with Crippen LogP contribution >= 0.6 is 23.2 Å². The van der Waals surface area contributed by atoms with Gasteiger partial charge in [0.1, 0.15) is 12.6 Å². The van der Waals surface area contributed by atoms with Gasteiger partial charge in [0.25, 0.3) is 5.69 Å². The number of non-ortho nitro benzene ring substituents is 1. The van der Waals surface area contributed by atoms with Crippen molar-refractivity contribution >= 4 is 56.4 Å². The van der Waals surface area contributed by atoms with Gasteiger partial charge in [-0.1, -0.05) is 72.6 Å². The highest BCUT2D eigenvalue weighted by Gasteiger charge is 2.33. The molecule has 3 aromatic rings. The zero-order valence-corrected chi connectivity index (χ0v) is 24.8. The molecule has 3 aromatic carbocycles. The highest BCUT2D eigenvalue weighted by atomic mass is 35.5. The zero-order chi connectivity index (χ0) is 30.2. The van der Waals surface area contributed by atoms with Gasteiger partial charge in [-0.3, -0.25) is 24.0 Å². The van der Waals surface area contributed by atoms with Crippen molar-refractivity contribution in [3.8, 4) is 0 Å². The Balaban J connectivity index is 2.09. The number of carbonyl (C=O) groups excluding carboxylic acids is 2. The fourth-order valence-corrected chi connectivity index (χ4v) is 5.44. The summed E-state index contributed by atoms with van der Waals surface area (Å²) >= 11 is 12.5. The van der Waals surface area contributed by atoms with Crippen LogP contribution in [0.3, 0.4) is 0 Å². The van der Waals surface area contributed by atoms with Crippen LogP contribution in [-0.2, 0) is 32.6 Å². The Morgan fingerprint density at radius 3 is 2.34 bits per heavy atom. The van der Waals surface area contributed by atoms with Crippen molar-refractivity contribution in [2.24, 2.45) is 0 Å². The Labute approximate surface area is 249 Å². The number of benzene rings is 3. The first-order chi connectivity index (χ1) is 19.4. The minimum atomic E-state index is -4.08. The second-order valence-corrected chi connectivity index (χ2v) is 12.1. The van der Waals surface area contributed by atoms with Crippen molar-refractivity contribution in [2.75, 3.05) is 23.7 Å². The topological polar surface area (TPSA) is 130 Å². The number of halogens is 2. The summed E-state index contributed by atoms with van der Waals surface area (Å²) in [7, 11) is -4.08. The van der Waals surface area contributed by atoms with E-state index in [-0.39, 0.29) is 29.4 Å². The summed E-state index contributed by atoms with van der Waals surface area (Å²) in [5.74, 6) is -1.13. The first-order valence-electron chi connectivity index (χ1n) is 12.7.